The lowest BCUT2D eigenvalue weighted by Gasteiger charge is -2.34. The lowest BCUT2D eigenvalue weighted by molar-refractivity contribution is -0.139. The predicted molar refractivity (Wildman–Crippen MR) is 133 cm³/mol. The van der Waals surface area contributed by atoms with Crippen LogP contribution in [0.25, 0.3) is 0 Å². The summed E-state index contributed by atoms with van der Waals surface area (Å²) in [5, 5.41) is 3.80. The van der Waals surface area contributed by atoms with Crippen LogP contribution in [0.3, 0.4) is 0 Å². The topological polar surface area (TPSA) is 51.1 Å². The molecule has 2 aliphatic heterocycles. The molecule has 32 heavy (non-hydrogen) atoms. The van der Waals surface area contributed by atoms with E-state index in [2.05, 4.69) is 20.9 Å². The zero-order valence-corrected chi connectivity index (χ0v) is 21.2. The van der Waals surface area contributed by atoms with Crippen LogP contribution in [0.15, 0.2) is 68.7 Å². The average Bonchev–Trinajstić information content (AvgIpc) is 3.21. The number of thioether (sulfide) groups is 1. The number of esters is 1. The van der Waals surface area contributed by atoms with Crippen LogP contribution in [0, 0.1) is 0 Å². The van der Waals surface area contributed by atoms with Crippen LogP contribution in [0.1, 0.15) is 31.0 Å². The minimum atomic E-state index is -0.456. The molecule has 0 saturated carbocycles. The van der Waals surface area contributed by atoms with E-state index < -0.39 is 12.0 Å². The van der Waals surface area contributed by atoms with Gasteiger partial charge >= 0.3 is 5.97 Å². The third kappa shape index (κ3) is 4.57. The van der Waals surface area contributed by atoms with Gasteiger partial charge in [-0.25, -0.2) is 9.79 Å². The van der Waals surface area contributed by atoms with Crippen molar-refractivity contribution in [3.63, 3.8) is 0 Å². The normalized spacial score (nSPS) is 17.3. The molecule has 0 radical (unpaired) electrons. The molecule has 0 aliphatic carbocycles. The molecule has 2 aromatic carbocycles. The predicted octanol–water partition coefficient (Wildman–Crippen LogP) is 7.10. The fourth-order valence-corrected chi connectivity index (χ4v) is 5.24. The first-order valence-electron chi connectivity index (χ1n) is 9.84. The van der Waals surface area contributed by atoms with E-state index in [1.54, 1.807) is 25.1 Å². The minimum absolute atomic E-state index is 0.183. The first-order chi connectivity index (χ1) is 15.4. The Labute approximate surface area is 209 Å². The Balaban J connectivity index is 1.77. The Morgan fingerprint density at radius 3 is 2.72 bits per heavy atom. The van der Waals surface area contributed by atoms with Gasteiger partial charge in [0, 0.05) is 31.8 Å². The summed E-state index contributed by atoms with van der Waals surface area (Å²) in [6.45, 7) is 4.07. The van der Waals surface area contributed by atoms with Crippen LogP contribution >= 0.6 is 50.9 Å². The monoisotopic (exact) mass is 552 g/mol. The van der Waals surface area contributed by atoms with E-state index in [4.69, 9.17) is 32.7 Å². The number of benzene rings is 2. The molecule has 1 atom stereocenters. The van der Waals surface area contributed by atoms with Gasteiger partial charge in [0.2, 0.25) is 0 Å². The molecule has 0 spiro atoms. The van der Waals surface area contributed by atoms with Crippen LogP contribution in [0.2, 0.25) is 10.0 Å². The average molecular weight is 554 g/mol. The van der Waals surface area contributed by atoms with Crippen molar-refractivity contribution in [3.8, 4) is 5.75 Å². The van der Waals surface area contributed by atoms with Crippen molar-refractivity contribution >= 4 is 62.0 Å². The number of rotatable bonds is 6. The highest BCUT2D eigenvalue weighted by atomic mass is 79.9. The summed E-state index contributed by atoms with van der Waals surface area (Å²) >= 11 is 17.7. The summed E-state index contributed by atoms with van der Waals surface area (Å²) in [7, 11) is 0. The third-order valence-electron chi connectivity index (χ3n) is 5.02. The van der Waals surface area contributed by atoms with Crippen LogP contribution < -0.4 is 4.74 Å². The first kappa shape index (κ1) is 23.2. The molecule has 0 unspecified atom stereocenters. The molecule has 9 heteroatoms. The van der Waals surface area contributed by atoms with E-state index in [1.807, 2.05) is 41.6 Å². The highest BCUT2D eigenvalue weighted by Gasteiger charge is 2.39. The molecule has 166 valence electrons. The first-order valence-corrected chi connectivity index (χ1v) is 12.3. The lowest BCUT2D eigenvalue weighted by Crippen LogP contribution is -2.34. The zero-order chi connectivity index (χ0) is 22.8. The van der Waals surface area contributed by atoms with Gasteiger partial charge in [0.05, 0.1) is 23.9 Å². The summed E-state index contributed by atoms with van der Waals surface area (Å²) in [4.78, 5) is 19.5. The number of fused-ring (bicyclic) bond motifs is 1. The van der Waals surface area contributed by atoms with Gasteiger partial charge in [-0.3, -0.25) is 0 Å². The lowest BCUT2D eigenvalue weighted by atomic mass is 9.94. The Morgan fingerprint density at radius 2 is 2.00 bits per heavy atom. The fraction of sp³-hybridized carbons (Fsp3) is 0.217. The molecule has 2 aromatic rings. The Bertz CT molecular complexity index is 1150. The van der Waals surface area contributed by atoms with Crippen molar-refractivity contribution in [2.45, 2.75) is 26.5 Å². The second-order valence-electron chi connectivity index (χ2n) is 7.00. The molecule has 0 bridgehead atoms. The van der Waals surface area contributed by atoms with Gasteiger partial charge in [0.1, 0.15) is 12.4 Å². The molecule has 0 N–H and O–H groups in total. The number of amidine groups is 1. The number of allylic oxidation sites excluding steroid dienone is 1. The highest BCUT2D eigenvalue weighted by molar-refractivity contribution is 9.10. The number of aliphatic imine (C=N–C) groups is 1. The number of carbonyl (C=O) groups is 1. The van der Waals surface area contributed by atoms with Gasteiger partial charge in [-0.05, 0) is 49.6 Å². The van der Waals surface area contributed by atoms with E-state index >= 15 is 0 Å². The van der Waals surface area contributed by atoms with Crippen molar-refractivity contribution in [2.75, 3.05) is 6.61 Å². The molecule has 0 amide bonds. The highest BCUT2D eigenvalue weighted by Crippen LogP contribution is 2.45. The Kier molecular flexibility index (Phi) is 7.20. The van der Waals surface area contributed by atoms with Gasteiger partial charge < -0.3 is 14.4 Å². The number of nitrogens with zero attached hydrogens (tertiary/aromatic N) is 2. The number of halogens is 3. The van der Waals surface area contributed by atoms with Crippen molar-refractivity contribution in [1.29, 1.82) is 0 Å². The quantitative estimate of drug-likeness (QED) is 0.357. The van der Waals surface area contributed by atoms with E-state index in [-0.39, 0.29) is 13.2 Å². The van der Waals surface area contributed by atoms with Gasteiger partial charge in [-0.1, -0.05) is 57.0 Å². The van der Waals surface area contributed by atoms with E-state index in [0.29, 0.717) is 32.6 Å². The maximum atomic E-state index is 13.0. The smallest absolute Gasteiger partial charge is 0.338 e. The van der Waals surface area contributed by atoms with Crippen molar-refractivity contribution in [3.05, 3.63) is 84.9 Å². The van der Waals surface area contributed by atoms with Crippen molar-refractivity contribution in [2.24, 2.45) is 4.99 Å². The van der Waals surface area contributed by atoms with Crippen molar-refractivity contribution < 1.29 is 14.3 Å². The maximum absolute atomic E-state index is 13.0. The SMILES string of the molecule is CCOC(=O)C1=C(C)N=C2SC=CN2[C@@H]1c1cc(Br)ccc1OCc1c(Cl)cccc1Cl. The molecule has 0 aromatic heterocycles. The molecule has 5 nitrogen and oxygen atoms in total. The van der Waals surface area contributed by atoms with Gasteiger partial charge in [0.25, 0.3) is 0 Å². The van der Waals surface area contributed by atoms with E-state index in [0.717, 1.165) is 15.2 Å². The molecule has 0 saturated heterocycles. The summed E-state index contributed by atoms with van der Waals surface area (Å²) in [5.74, 6) is 0.207. The second-order valence-corrected chi connectivity index (χ2v) is 9.60. The molecular weight excluding hydrogens is 535 g/mol. The summed E-state index contributed by atoms with van der Waals surface area (Å²) in [6, 6.07) is 10.6. The van der Waals surface area contributed by atoms with E-state index in [9.17, 15) is 4.79 Å². The zero-order valence-electron chi connectivity index (χ0n) is 17.3. The molecule has 0 fully saturated rings. The molecule has 2 aliphatic rings. The van der Waals surface area contributed by atoms with Gasteiger partial charge in [0.15, 0.2) is 5.17 Å². The number of ether oxygens (including phenoxy) is 2. The summed E-state index contributed by atoms with van der Waals surface area (Å²) in [5.41, 5.74) is 2.59. The number of hydrogen-bond donors (Lipinski definition) is 0. The second kappa shape index (κ2) is 9.91. The van der Waals surface area contributed by atoms with Gasteiger partial charge in [-0.2, -0.15) is 0 Å². The van der Waals surface area contributed by atoms with Gasteiger partial charge in [-0.15, -0.1) is 0 Å². The fourth-order valence-electron chi connectivity index (χ4n) is 3.56. The standard InChI is InChI=1S/C23H19BrCl2N2O3S/c1-3-30-22(29)20-13(2)27-23-28(9-10-32-23)21(20)15-11-14(24)7-8-19(15)31-12-16-17(25)5-4-6-18(16)26/h4-11,21H,3,12H2,1-2H3/t21-/m1/s1. The molecule has 2 heterocycles. The number of carbonyl (C=O) groups excluding carboxylic acids is 1. The Hall–Kier alpha value is -1.93. The largest absolute Gasteiger partial charge is 0.488 e. The maximum Gasteiger partial charge on any atom is 0.338 e. The van der Waals surface area contributed by atoms with Crippen molar-refractivity contribution in [1.82, 2.24) is 4.90 Å². The third-order valence-corrected chi connectivity index (χ3v) is 6.99. The summed E-state index contributed by atoms with van der Waals surface area (Å²) < 4.78 is 12.4. The minimum Gasteiger partial charge on any atom is -0.488 e. The molecule has 4 rings (SSSR count). The van der Waals surface area contributed by atoms with Crippen LogP contribution in [-0.2, 0) is 16.1 Å². The van der Waals surface area contributed by atoms with Crippen LogP contribution in [0.5, 0.6) is 5.75 Å². The summed E-state index contributed by atoms with van der Waals surface area (Å²) in [6.07, 6.45) is 1.91. The molecular formula is C23H19BrCl2N2O3S. The van der Waals surface area contributed by atoms with Crippen LogP contribution in [-0.4, -0.2) is 22.6 Å². The van der Waals surface area contributed by atoms with E-state index in [1.165, 1.54) is 11.8 Å². The van der Waals surface area contributed by atoms with Crippen LogP contribution in [0.4, 0.5) is 0 Å². The number of hydrogen-bond acceptors (Lipinski definition) is 6. The Morgan fingerprint density at radius 1 is 1.25 bits per heavy atom.